The van der Waals surface area contributed by atoms with Crippen LogP contribution in [0, 0.1) is 0 Å². The van der Waals surface area contributed by atoms with Gasteiger partial charge in [0.15, 0.2) is 22.8 Å². The molecule has 1 N–H and O–H groups in total. The van der Waals surface area contributed by atoms with Crippen LogP contribution in [0.1, 0.15) is 31.1 Å². The average molecular weight is 454 g/mol. The van der Waals surface area contributed by atoms with Crippen LogP contribution in [0.3, 0.4) is 0 Å². The minimum absolute atomic E-state index is 0.241. The summed E-state index contributed by atoms with van der Waals surface area (Å²) in [6, 6.07) is 7.35. The van der Waals surface area contributed by atoms with Gasteiger partial charge in [-0.2, -0.15) is 9.97 Å². The summed E-state index contributed by atoms with van der Waals surface area (Å²) in [6.45, 7) is 4.25. The van der Waals surface area contributed by atoms with Gasteiger partial charge in [-0.3, -0.25) is 4.57 Å². The van der Waals surface area contributed by atoms with Gasteiger partial charge in [0.1, 0.15) is 0 Å². The fourth-order valence-electron chi connectivity index (χ4n) is 4.72. The molecule has 0 saturated carbocycles. The number of nitrogens with zero attached hydrogens (tertiary/aromatic N) is 7. The molecule has 0 atom stereocenters. The van der Waals surface area contributed by atoms with Gasteiger partial charge in [-0.05, 0) is 38.1 Å². The maximum Gasteiger partial charge on any atom is 0.296 e. The minimum Gasteiger partial charge on any atom is -0.378 e. The van der Waals surface area contributed by atoms with Gasteiger partial charge >= 0.3 is 0 Å². The summed E-state index contributed by atoms with van der Waals surface area (Å²) in [6.07, 6.45) is 0.908. The van der Waals surface area contributed by atoms with Crippen molar-refractivity contribution in [1.82, 2.24) is 34.4 Å². The smallest absolute Gasteiger partial charge is 0.296 e. The van der Waals surface area contributed by atoms with Gasteiger partial charge in [-0.25, -0.2) is 18.7 Å². The predicted molar refractivity (Wildman–Crippen MR) is 119 cm³/mol. The van der Waals surface area contributed by atoms with E-state index in [0.29, 0.717) is 60.3 Å². The van der Waals surface area contributed by atoms with Crippen LogP contribution in [0.4, 0.5) is 14.7 Å². The van der Waals surface area contributed by atoms with Crippen LogP contribution in [-0.2, 0) is 4.74 Å². The quantitative estimate of drug-likeness (QED) is 0.508. The molecule has 0 bridgehead atoms. The molecule has 33 heavy (non-hydrogen) atoms. The summed E-state index contributed by atoms with van der Waals surface area (Å²) in [7, 11) is 0. The standard InChI is InChI=1S/C22H24F2N8O/c23-18(24)21-27-15-3-1-2-4-16(15)32(21)20-17-19(28-22(29-20)30-9-11-33-12-10-30)31(13-26-17)14-5-7-25-8-6-14/h1-4,13-14,18,25H,5-12H2. The summed E-state index contributed by atoms with van der Waals surface area (Å²) in [4.78, 5) is 20.5. The van der Waals surface area contributed by atoms with Crippen LogP contribution in [0.25, 0.3) is 28.0 Å². The number of fused-ring (bicyclic) bond motifs is 2. The van der Waals surface area contributed by atoms with Crippen molar-refractivity contribution in [3.63, 3.8) is 0 Å². The Kier molecular flexibility index (Phi) is 5.14. The van der Waals surface area contributed by atoms with Gasteiger partial charge in [0.25, 0.3) is 6.43 Å². The fourth-order valence-corrected chi connectivity index (χ4v) is 4.72. The molecule has 172 valence electrons. The van der Waals surface area contributed by atoms with Crippen molar-refractivity contribution < 1.29 is 13.5 Å². The summed E-state index contributed by atoms with van der Waals surface area (Å²) < 4.78 is 37.2. The van der Waals surface area contributed by atoms with E-state index in [1.54, 1.807) is 24.5 Å². The summed E-state index contributed by atoms with van der Waals surface area (Å²) in [5.74, 6) is 0.480. The first-order chi connectivity index (χ1) is 16.2. The van der Waals surface area contributed by atoms with Crippen LogP contribution in [0.15, 0.2) is 30.6 Å². The van der Waals surface area contributed by atoms with Gasteiger partial charge in [-0.1, -0.05) is 12.1 Å². The number of anilines is 1. The van der Waals surface area contributed by atoms with E-state index in [9.17, 15) is 8.78 Å². The number of ether oxygens (including phenoxy) is 1. The van der Waals surface area contributed by atoms with Crippen LogP contribution < -0.4 is 10.2 Å². The third kappa shape index (κ3) is 3.51. The zero-order valence-corrected chi connectivity index (χ0v) is 18.0. The number of benzene rings is 1. The number of rotatable bonds is 4. The van der Waals surface area contributed by atoms with Gasteiger partial charge < -0.3 is 19.5 Å². The molecule has 0 spiro atoms. The van der Waals surface area contributed by atoms with Crippen LogP contribution in [0.2, 0.25) is 0 Å². The number of piperidine rings is 1. The van der Waals surface area contributed by atoms with Crippen molar-refractivity contribution in [3.8, 4) is 5.82 Å². The summed E-state index contributed by atoms with van der Waals surface area (Å²) in [5.41, 5.74) is 2.21. The highest BCUT2D eigenvalue weighted by Crippen LogP contribution is 2.32. The molecule has 2 aliphatic rings. The van der Waals surface area contributed by atoms with Gasteiger partial charge in [0, 0.05) is 19.1 Å². The number of nitrogens with one attached hydrogen (secondary N) is 1. The molecule has 9 nitrogen and oxygen atoms in total. The lowest BCUT2D eigenvalue weighted by molar-refractivity contribution is 0.122. The van der Waals surface area contributed by atoms with Gasteiger partial charge in [0.2, 0.25) is 5.95 Å². The molecule has 1 aromatic carbocycles. The van der Waals surface area contributed by atoms with Crippen LogP contribution >= 0.6 is 0 Å². The number of hydrogen-bond donors (Lipinski definition) is 1. The molecule has 0 radical (unpaired) electrons. The summed E-state index contributed by atoms with van der Waals surface area (Å²) in [5, 5.41) is 3.38. The Labute approximate surface area is 188 Å². The van der Waals surface area contributed by atoms with E-state index < -0.39 is 6.43 Å². The highest BCUT2D eigenvalue weighted by atomic mass is 19.3. The molecule has 2 fully saturated rings. The molecule has 11 heteroatoms. The Balaban J connectivity index is 1.61. The second-order valence-corrected chi connectivity index (χ2v) is 8.35. The van der Waals surface area contributed by atoms with Crippen molar-refractivity contribution >= 4 is 28.1 Å². The third-order valence-corrected chi connectivity index (χ3v) is 6.38. The second kappa shape index (κ2) is 8.31. The number of para-hydroxylation sites is 2. The van der Waals surface area contributed by atoms with Crippen molar-refractivity contribution in [3.05, 3.63) is 36.4 Å². The number of hydrogen-bond acceptors (Lipinski definition) is 7. The monoisotopic (exact) mass is 454 g/mol. The fraction of sp³-hybridized carbons (Fsp3) is 0.455. The van der Waals surface area contributed by atoms with Crippen LogP contribution in [0.5, 0.6) is 0 Å². The summed E-state index contributed by atoms with van der Waals surface area (Å²) >= 11 is 0. The van der Waals surface area contributed by atoms with Crippen molar-refractivity contribution in [2.24, 2.45) is 0 Å². The van der Waals surface area contributed by atoms with Crippen molar-refractivity contribution in [2.75, 3.05) is 44.3 Å². The molecule has 2 saturated heterocycles. The highest BCUT2D eigenvalue weighted by molar-refractivity contribution is 5.85. The van der Waals surface area contributed by atoms with Gasteiger partial charge in [0.05, 0.1) is 30.6 Å². The molecule has 0 unspecified atom stereocenters. The van der Waals surface area contributed by atoms with E-state index in [1.807, 2.05) is 11.0 Å². The molecule has 2 aliphatic heterocycles. The molecule has 4 aromatic rings. The minimum atomic E-state index is -2.76. The van der Waals surface area contributed by atoms with Crippen LogP contribution in [-0.4, -0.2) is 68.5 Å². The molecular formula is C22H24F2N8O. The number of halogens is 2. The SMILES string of the molecule is FC(F)c1nc2ccccc2n1-c1nc(N2CCOCC2)nc2c1ncn2C1CCNCC1. The Hall–Kier alpha value is -3.18. The lowest BCUT2D eigenvalue weighted by Crippen LogP contribution is -2.37. The highest BCUT2D eigenvalue weighted by Gasteiger charge is 2.27. The maximum atomic E-state index is 14.1. The Morgan fingerprint density at radius 1 is 1.03 bits per heavy atom. The maximum absolute atomic E-state index is 14.1. The number of aromatic nitrogens is 6. The first kappa shape index (κ1) is 20.4. The molecule has 6 rings (SSSR count). The Morgan fingerprint density at radius 3 is 2.61 bits per heavy atom. The number of alkyl halides is 2. The lowest BCUT2D eigenvalue weighted by atomic mass is 10.1. The van der Waals surface area contributed by atoms with E-state index in [4.69, 9.17) is 14.7 Å². The van der Waals surface area contributed by atoms with Crippen molar-refractivity contribution in [1.29, 1.82) is 0 Å². The second-order valence-electron chi connectivity index (χ2n) is 8.35. The lowest BCUT2D eigenvalue weighted by Gasteiger charge is -2.28. The largest absolute Gasteiger partial charge is 0.378 e. The van der Waals surface area contributed by atoms with E-state index in [2.05, 4.69) is 19.9 Å². The van der Waals surface area contributed by atoms with E-state index in [0.717, 1.165) is 25.9 Å². The average Bonchev–Trinajstić information content (AvgIpc) is 3.47. The third-order valence-electron chi connectivity index (χ3n) is 6.38. The number of imidazole rings is 2. The van der Waals surface area contributed by atoms with E-state index in [-0.39, 0.29) is 11.9 Å². The normalized spacial score (nSPS) is 18.1. The van der Waals surface area contributed by atoms with Gasteiger partial charge in [-0.15, -0.1) is 0 Å². The Morgan fingerprint density at radius 2 is 1.82 bits per heavy atom. The Bertz CT molecular complexity index is 1290. The molecule has 0 aliphatic carbocycles. The van der Waals surface area contributed by atoms with E-state index in [1.165, 1.54) is 4.57 Å². The zero-order chi connectivity index (χ0) is 22.4. The zero-order valence-electron chi connectivity index (χ0n) is 18.0. The van der Waals surface area contributed by atoms with Crippen molar-refractivity contribution in [2.45, 2.75) is 25.3 Å². The molecular weight excluding hydrogens is 430 g/mol. The number of morpholine rings is 1. The predicted octanol–water partition coefficient (Wildman–Crippen LogP) is 2.86. The topological polar surface area (TPSA) is 85.9 Å². The molecule has 3 aromatic heterocycles. The first-order valence-electron chi connectivity index (χ1n) is 11.2. The first-order valence-corrected chi connectivity index (χ1v) is 11.2. The van der Waals surface area contributed by atoms with E-state index >= 15 is 0 Å². The molecule has 5 heterocycles. The molecule has 0 amide bonds.